The lowest BCUT2D eigenvalue weighted by atomic mass is 9.53. The van der Waals surface area contributed by atoms with Gasteiger partial charge in [0.15, 0.2) is 0 Å². The van der Waals surface area contributed by atoms with E-state index in [9.17, 15) is 14.4 Å². The van der Waals surface area contributed by atoms with Crippen molar-refractivity contribution in [3.8, 4) is 0 Å². The molecule has 4 aliphatic carbocycles. The van der Waals surface area contributed by atoms with Crippen LogP contribution in [0, 0.1) is 17.8 Å². The molecule has 0 saturated heterocycles. The van der Waals surface area contributed by atoms with Gasteiger partial charge in [-0.05, 0) is 56.3 Å². The zero-order chi connectivity index (χ0) is 16.4. The van der Waals surface area contributed by atoms with E-state index in [-0.39, 0.29) is 36.3 Å². The first kappa shape index (κ1) is 16.1. The second kappa shape index (κ2) is 6.37. The first-order valence-electron chi connectivity index (χ1n) is 8.55. The number of carbonyl (C=O) groups is 3. The number of rotatable bonds is 4. The molecule has 0 spiro atoms. The van der Waals surface area contributed by atoms with Crippen LogP contribution in [0.4, 0.5) is 4.79 Å². The van der Waals surface area contributed by atoms with E-state index in [1.54, 1.807) is 0 Å². The molecule has 0 aromatic heterocycles. The third kappa shape index (κ3) is 3.95. The van der Waals surface area contributed by atoms with E-state index in [1.807, 2.05) is 0 Å². The van der Waals surface area contributed by atoms with Gasteiger partial charge in [0.1, 0.15) is 0 Å². The minimum absolute atomic E-state index is 0.0166. The lowest BCUT2D eigenvalue weighted by Crippen LogP contribution is -2.61. The van der Waals surface area contributed by atoms with Gasteiger partial charge in [-0.2, -0.15) is 0 Å². The van der Waals surface area contributed by atoms with Crippen molar-refractivity contribution in [2.24, 2.45) is 17.8 Å². The van der Waals surface area contributed by atoms with Crippen LogP contribution in [0.3, 0.4) is 0 Å². The Morgan fingerprint density at radius 2 is 1.52 bits per heavy atom. The van der Waals surface area contributed by atoms with Gasteiger partial charge in [0.25, 0.3) is 0 Å². The summed E-state index contributed by atoms with van der Waals surface area (Å²) in [5.74, 6) is 1.70. The molecule has 7 heteroatoms. The van der Waals surface area contributed by atoms with Crippen LogP contribution in [-0.2, 0) is 9.59 Å². The summed E-state index contributed by atoms with van der Waals surface area (Å²) >= 11 is 0. The van der Waals surface area contributed by atoms with E-state index in [0.717, 1.165) is 37.0 Å². The topological polar surface area (TPSA) is 99.3 Å². The summed E-state index contributed by atoms with van der Waals surface area (Å²) < 4.78 is 0. The highest BCUT2D eigenvalue weighted by atomic mass is 16.2. The molecule has 4 fully saturated rings. The maximum absolute atomic E-state index is 12.2. The van der Waals surface area contributed by atoms with Gasteiger partial charge in [0, 0.05) is 25.4 Å². The molecular weight excluding hydrogens is 296 g/mol. The van der Waals surface area contributed by atoms with E-state index in [1.165, 1.54) is 26.2 Å². The molecule has 0 unspecified atom stereocenters. The molecule has 4 aliphatic rings. The number of hydrogen-bond donors (Lipinski definition) is 4. The van der Waals surface area contributed by atoms with Crippen molar-refractivity contribution in [1.82, 2.24) is 21.5 Å². The Bertz CT molecular complexity index is 470. The average molecular weight is 322 g/mol. The Morgan fingerprint density at radius 3 is 2.04 bits per heavy atom. The monoisotopic (exact) mass is 322 g/mol. The van der Waals surface area contributed by atoms with Gasteiger partial charge >= 0.3 is 6.03 Å². The highest BCUT2D eigenvalue weighted by molar-refractivity contribution is 5.81. The van der Waals surface area contributed by atoms with Crippen LogP contribution < -0.4 is 21.5 Å². The smallest absolute Gasteiger partial charge is 0.315 e. The van der Waals surface area contributed by atoms with E-state index in [2.05, 4.69) is 21.5 Å². The van der Waals surface area contributed by atoms with Gasteiger partial charge in [-0.15, -0.1) is 0 Å². The predicted octanol–water partition coefficient (Wildman–Crippen LogP) is 0.812. The standard InChI is InChI=1S/C16H26N4O3/c1-10(21)19-20-14(22)2-3-17-15(23)18-16-7-11-4-12(8-16)6-13(5-11)9-16/h11-13H,2-9H2,1H3,(H,19,21)(H,20,22)(H2,17,18,23). The van der Waals surface area contributed by atoms with Crippen molar-refractivity contribution in [2.75, 3.05) is 6.54 Å². The lowest BCUT2D eigenvalue weighted by Gasteiger charge is -2.56. The minimum atomic E-state index is -0.328. The van der Waals surface area contributed by atoms with E-state index in [4.69, 9.17) is 0 Å². The van der Waals surface area contributed by atoms with Gasteiger partial charge in [-0.1, -0.05) is 0 Å². The molecule has 0 aromatic carbocycles. The van der Waals surface area contributed by atoms with Crippen LogP contribution in [-0.4, -0.2) is 29.9 Å². The third-order valence-electron chi connectivity index (χ3n) is 5.43. The Morgan fingerprint density at radius 1 is 0.957 bits per heavy atom. The maximum Gasteiger partial charge on any atom is 0.315 e. The van der Waals surface area contributed by atoms with Crippen molar-refractivity contribution < 1.29 is 14.4 Å². The van der Waals surface area contributed by atoms with Gasteiger partial charge in [-0.3, -0.25) is 20.4 Å². The Kier molecular flexibility index (Phi) is 4.46. The van der Waals surface area contributed by atoms with Gasteiger partial charge in [0.05, 0.1) is 0 Å². The third-order valence-corrected chi connectivity index (χ3v) is 5.43. The van der Waals surface area contributed by atoms with Crippen LogP contribution in [0.5, 0.6) is 0 Å². The number of hydrogen-bond acceptors (Lipinski definition) is 3. The highest BCUT2D eigenvalue weighted by Crippen LogP contribution is 2.55. The molecule has 0 atom stereocenters. The minimum Gasteiger partial charge on any atom is -0.338 e. The zero-order valence-corrected chi connectivity index (χ0v) is 13.6. The van der Waals surface area contributed by atoms with Crippen molar-refractivity contribution in [2.45, 2.75) is 57.4 Å². The normalized spacial score (nSPS) is 33.9. The molecule has 7 nitrogen and oxygen atoms in total. The highest BCUT2D eigenvalue weighted by Gasteiger charge is 2.51. The van der Waals surface area contributed by atoms with Crippen LogP contribution >= 0.6 is 0 Å². The number of urea groups is 1. The summed E-state index contributed by atoms with van der Waals surface area (Å²) in [6.45, 7) is 1.57. The van der Waals surface area contributed by atoms with E-state index in [0.29, 0.717) is 0 Å². The quantitative estimate of drug-likeness (QED) is 0.576. The van der Waals surface area contributed by atoms with Gasteiger partial charge < -0.3 is 10.6 Å². The Balaban J connectivity index is 1.40. The SMILES string of the molecule is CC(=O)NNC(=O)CCNC(=O)NC12CC3CC(CC(C3)C1)C2. The van der Waals surface area contributed by atoms with Gasteiger partial charge in [-0.25, -0.2) is 4.79 Å². The summed E-state index contributed by atoms with van der Waals surface area (Å²) in [6, 6.07) is -0.181. The molecule has 4 rings (SSSR count). The molecule has 4 N–H and O–H groups in total. The second-order valence-electron chi connectivity index (χ2n) is 7.56. The molecular formula is C16H26N4O3. The fraction of sp³-hybridized carbons (Fsp3) is 0.812. The molecule has 0 radical (unpaired) electrons. The summed E-state index contributed by atoms with van der Waals surface area (Å²) in [6.07, 6.45) is 7.47. The predicted molar refractivity (Wildman–Crippen MR) is 84.0 cm³/mol. The van der Waals surface area contributed by atoms with Crippen molar-refractivity contribution in [3.63, 3.8) is 0 Å². The second-order valence-corrected chi connectivity index (χ2v) is 7.56. The molecule has 0 aliphatic heterocycles. The van der Waals surface area contributed by atoms with E-state index >= 15 is 0 Å². The molecule has 4 amide bonds. The summed E-state index contributed by atoms with van der Waals surface area (Å²) in [4.78, 5) is 34.3. The van der Waals surface area contributed by atoms with E-state index < -0.39 is 0 Å². The van der Waals surface area contributed by atoms with Gasteiger partial charge in [0.2, 0.25) is 11.8 Å². The first-order valence-corrected chi connectivity index (χ1v) is 8.55. The molecule has 0 aromatic rings. The molecule has 128 valence electrons. The summed E-state index contributed by atoms with van der Waals surface area (Å²) in [5, 5.41) is 5.95. The lowest BCUT2D eigenvalue weighted by molar-refractivity contribution is -0.127. The first-order chi connectivity index (χ1) is 10.9. The Hall–Kier alpha value is -1.79. The fourth-order valence-corrected chi connectivity index (χ4v) is 5.06. The molecule has 4 saturated carbocycles. The number of amides is 4. The van der Waals surface area contributed by atoms with Crippen LogP contribution in [0.1, 0.15) is 51.9 Å². The molecule has 0 heterocycles. The number of nitrogens with one attached hydrogen (secondary N) is 4. The average Bonchev–Trinajstić information content (AvgIpc) is 2.43. The van der Waals surface area contributed by atoms with Crippen molar-refractivity contribution in [1.29, 1.82) is 0 Å². The summed E-state index contributed by atoms with van der Waals surface area (Å²) in [7, 11) is 0. The van der Waals surface area contributed by atoms with Crippen LogP contribution in [0.25, 0.3) is 0 Å². The summed E-state index contributed by atoms with van der Waals surface area (Å²) in [5.41, 5.74) is 4.48. The molecule has 23 heavy (non-hydrogen) atoms. The Labute approximate surface area is 136 Å². The van der Waals surface area contributed by atoms with Crippen LogP contribution in [0.2, 0.25) is 0 Å². The molecule has 4 bridgehead atoms. The number of hydrazine groups is 1. The zero-order valence-electron chi connectivity index (χ0n) is 13.6. The van der Waals surface area contributed by atoms with Crippen molar-refractivity contribution >= 4 is 17.8 Å². The maximum atomic E-state index is 12.2. The fourth-order valence-electron chi connectivity index (χ4n) is 5.06. The van der Waals surface area contributed by atoms with Crippen LogP contribution in [0.15, 0.2) is 0 Å². The van der Waals surface area contributed by atoms with Crippen molar-refractivity contribution in [3.05, 3.63) is 0 Å². The largest absolute Gasteiger partial charge is 0.338 e. The number of carbonyl (C=O) groups excluding carboxylic acids is 3.